The summed E-state index contributed by atoms with van der Waals surface area (Å²) < 4.78 is 27.2. The molecule has 186 valence electrons. The minimum atomic E-state index is -2.10. The number of halogens is 1. The molecule has 8 heteroatoms. The predicted octanol–water partition coefficient (Wildman–Crippen LogP) is 4.90. The summed E-state index contributed by atoms with van der Waals surface area (Å²) in [5, 5.41) is 0.238. The van der Waals surface area contributed by atoms with Crippen molar-refractivity contribution in [1.29, 1.82) is 0 Å². The average molecular weight is 508 g/mol. The smallest absolute Gasteiger partial charge is 0.254 e. The number of carbonyl (C=O) groups excluding carboxylic acids is 2. The number of morpholine rings is 1. The maximum atomic E-state index is 12.7. The lowest BCUT2D eigenvalue weighted by Crippen LogP contribution is -2.40. The Morgan fingerprint density at radius 3 is 2.56 bits per heavy atom. The Morgan fingerprint density at radius 2 is 1.86 bits per heavy atom. The van der Waals surface area contributed by atoms with Gasteiger partial charge in [0, 0.05) is 31.3 Å². The molecular weight excluding hydrogens is 478 g/mol. The second-order valence-electron chi connectivity index (χ2n) is 8.19. The Labute approximate surface area is 218 Å². The van der Waals surface area contributed by atoms with E-state index >= 15 is 0 Å². The highest BCUT2D eigenvalue weighted by molar-refractivity contribution is 6.32. The first-order valence-electron chi connectivity index (χ1n) is 12.6. The number of hydrogen-bond acceptors (Lipinski definition) is 6. The van der Waals surface area contributed by atoms with Crippen LogP contribution in [-0.2, 0) is 9.53 Å². The number of ether oxygens (including phenoxy) is 2. The zero-order valence-corrected chi connectivity index (χ0v) is 20.4. The van der Waals surface area contributed by atoms with Crippen molar-refractivity contribution in [2.75, 3.05) is 38.6 Å². The van der Waals surface area contributed by atoms with Gasteiger partial charge in [-0.25, -0.2) is 4.98 Å². The molecule has 0 saturated carbocycles. The molecular formula is C28H28ClN3O4. The zero-order chi connectivity index (χ0) is 27.1. The number of ketones is 1. The number of nitrogen functional groups attached to an aromatic ring is 1. The molecule has 0 bridgehead atoms. The van der Waals surface area contributed by atoms with Crippen LogP contribution in [0.5, 0.6) is 5.75 Å². The molecule has 0 unspecified atom stereocenters. The van der Waals surface area contributed by atoms with E-state index in [1.807, 2.05) is 12.1 Å². The number of rotatable bonds is 9. The molecule has 0 atom stereocenters. The molecule has 0 spiro atoms. The molecule has 2 aromatic carbocycles. The van der Waals surface area contributed by atoms with E-state index in [-0.39, 0.29) is 35.3 Å². The van der Waals surface area contributed by atoms with Crippen LogP contribution < -0.4 is 10.5 Å². The summed E-state index contributed by atoms with van der Waals surface area (Å²) in [6.07, 6.45) is 4.34. The fraction of sp³-hybridized carbons (Fsp3) is 0.250. The monoisotopic (exact) mass is 507 g/mol. The van der Waals surface area contributed by atoms with Gasteiger partial charge in [0.05, 0.1) is 27.5 Å². The number of benzene rings is 2. The van der Waals surface area contributed by atoms with Gasteiger partial charge in [0.15, 0.2) is 5.78 Å². The topological polar surface area (TPSA) is 94.8 Å². The van der Waals surface area contributed by atoms with Crippen LogP contribution in [-0.4, -0.2) is 54.4 Å². The number of hydrogen-bond donors (Lipinski definition) is 1. The molecule has 1 saturated heterocycles. The van der Waals surface area contributed by atoms with Crippen molar-refractivity contribution in [3.63, 3.8) is 0 Å². The molecule has 1 amide bonds. The molecule has 2 N–H and O–H groups in total. The number of pyridine rings is 1. The van der Waals surface area contributed by atoms with Crippen LogP contribution in [0.1, 0.15) is 31.5 Å². The fourth-order valence-corrected chi connectivity index (χ4v) is 3.83. The number of nitrogens with two attached hydrogens (primary N) is 1. The molecule has 7 nitrogen and oxygen atoms in total. The molecule has 4 rings (SSSR count). The molecule has 1 aliphatic rings. The maximum Gasteiger partial charge on any atom is 0.254 e. The number of aromatic nitrogens is 1. The lowest BCUT2D eigenvalue weighted by Gasteiger charge is -2.26. The minimum Gasteiger partial charge on any atom is -0.492 e. The van der Waals surface area contributed by atoms with Gasteiger partial charge >= 0.3 is 0 Å². The Hall–Kier alpha value is -3.68. The number of amides is 1. The van der Waals surface area contributed by atoms with Crippen LogP contribution in [0.3, 0.4) is 0 Å². The fourth-order valence-electron chi connectivity index (χ4n) is 3.61. The van der Waals surface area contributed by atoms with E-state index in [4.69, 9.17) is 29.5 Å². The molecule has 1 aliphatic heterocycles. The number of carbonyl (C=O) groups is 2. The first kappa shape index (κ1) is 22.8. The van der Waals surface area contributed by atoms with Crippen LogP contribution in [0.25, 0.3) is 17.2 Å². The number of allylic oxidation sites excluding steroid dienone is 1. The van der Waals surface area contributed by atoms with Crippen molar-refractivity contribution in [3.8, 4) is 16.9 Å². The Kier molecular flexibility index (Phi) is 7.80. The summed E-state index contributed by atoms with van der Waals surface area (Å²) in [5.74, 6) is 0.293. The predicted molar refractivity (Wildman–Crippen MR) is 141 cm³/mol. The summed E-state index contributed by atoms with van der Waals surface area (Å²) in [6, 6.07) is 15.7. The van der Waals surface area contributed by atoms with E-state index in [0.29, 0.717) is 37.7 Å². The SMILES string of the molecule is [2H]C([2H])(CCC(=O)/C=C/c1ccc(N)nc1)Oc1ccc(-c2ccc(C(=O)N3CCOCC3)cc2)cc1Cl. The number of anilines is 1. The Balaban J connectivity index is 1.33. The first-order chi connectivity index (χ1) is 18.2. The van der Waals surface area contributed by atoms with Crippen molar-refractivity contribution in [1.82, 2.24) is 9.88 Å². The van der Waals surface area contributed by atoms with E-state index < -0.39 is 6.56 Å². The van der Waals surface area contributed by atoms with E-state index in [1.165, 1.54) is 6.08 Å². The van der Waals surface area contributed by atoms with Gasteiger partial charge in [0.1, 0.15) is 11.6 Å². The van der Waals surface area contributed by atoms with Crippen molar-refractivity contribution >= 4 is 35.2 Å². The summed E-state index contributed by atoms with van der Waals surface area (Å²) in [6.45, 7) is 0.155. The molecule has 3 aromatic rings. The minimum absolute atomic E-state index is 0.0277. The second-order valence-corrected chi connectivity index (χ2v) is 8.60. The molecule has 0 radical (unpaired) electrons. The quantitative estimate of drug-likeness (QED) is 0.414. The molecule has 1 fully saturated rings. The third kappa shape index (κ3) is 6.93. The van der Waals surface area contributed by atoms with Crippen molar-refractivity contribution in [2.24, 2.45) is 0 Å². The highest BCUT2D eigenvalue weighted by Gasteiger charge is 2.18. The zero-order valence-electron chi connectivity index (χ0n) is 21.7. The van der Waals surface area contributed by atoms with Gasteiger partial charge in [-0.1, -0.05) is 29.8 Å². The number of nitrogens with zero attached hydrogens (tertiary/aromatic N) is 2. The third-order valence-electron chi connectivity index (χ3n) is 5.62. The molecule has 36 heavy (non-hydrogen) atoms. The lowest BCUT2D eigenvalue weighted by atomic mass is 10.0. The van der Waals surface area contributed by atoms with Gasteiger partial charge in [-0.15, -0.1) is 0 Å². The van der Waals surface area contributed by atoms with Crippen LogP contribution in [0.4, 0.5) is 5.82 Å². The molecule has 0 aliphatic carbocycles. The van der Waals surface area contributed by atoms with Gasteiger partial charge in [-0.05, 0) is 71.7 Å². The highest BCUT2D eigenvalue weighted by Crippen LogP contribution is 2.31. The normalized spacial score (nSPS) is 14.9. The van der Waals surface area contributed by atoms with Gasteiger partial charge < -0.3 is 20.1 Å². The summed E-state index contributed by atoms with van der Waals surface area (Å²) in [5.41, 5.74) is 8.52. The second kappa shape index (κ2) is 12.3. The van der Waals surface area contributed by atoms with E-state index in [1.54, 1.807) is 59.6 Å². The lowest BCUT2D eigenvalue weighted by molar-refractivity contribution is -0.114. The van der Waals surface area contributed by atoms with Gasteiger partial charge in [0.2, 0.25) is 0 Å². The summed E-state index contributed by atoms with van der Waals surface area (Å²) in [4.78, 5) is 30.6. The highest BCUT2D eigenvalue weighted by atomic mass is 35.5. The van der Waals surface area contributed by atoms with Gasteiger partial charge in [-0.3, -0.25) is 9.59 Å². The van der Waals surface area contributed by atoms with E-state index in [0.717, 1.165) is 16.7 Å². The summed E-state index contributed by atoms with van der Waals surface area (Å²) in [7, 11) is 0. The van der Waals surface area contributed by atoms with E-state index in [9.17, 15) is 9.59 Å². The van der Waals surface area contributed by atoms with Crippen molar-refractivity contribution in [3.05, 3.63) is 83.0 Å². The molecule has 1 aromatic heterocycles. The molecule has 2 heterocycles. The van der Waals surface area contributed by atoms with Crippen LogP contribution in [0, 0.1) is 0 Å². The Morgan fingerprint density at radius 1 is 1.11 bits per heavy atom. The Bertz CT molecular complexity index is 1310. The average Bonchev–Trinajstić information content (AvgIpc) is 2.93. The third-order valence-corrected chi connectivity index (χ3v) is 5.92. The van der Waals surface area contributed by atoms with Crippen LogP contribution >= 0.6 is 11.6 Å². The summed E-state index contributed by atoms with van der Waals surface area (Å²) >= 11 is 6.40. The van der Waals surface area contributed by atoms with Crippen molar-refractivity contribution in [2.45, 2.75) is 12.8 Å². The first-order valence-corrected chi connectivity index (χ1v) is 12.0. The van der Waals surface area contributed by atoms with Gasteiger partial charge in [0.25, 0.3) is 5.91 Å². The van der Waals surface area contributed by atoms with Crippen LogP contribution in [0.15, 0.2) is 66.9 Å². The van der Waals surface area contributed by atoms with Crippen LogP contribution in [0.2, 0.25) is 5.02 Å². The standard InChI is InChI=1S/C28H28ClN3O4/c29-25-18-23(21-5-7-22(8-6-21)28(34)32-13-16-35-17-14-32)9-11-26(25)36-15-1-2-24(33)10-3-20-4-12-27(30)31-19-20/h3-12,18-19H,1-2,13-17H2,(H2,30,31)/b10-3+/i15D2. The van der Waals surface area contributed by atoms with Gasteiger partial charge in [-0.2, -0.15) is 0 Å². The van der Waals surface area contributed by atoms with Crippen molar-refractivity contribution < 1.29 is 21.8 Å². The largest absolute Gasteiger partial charge is 0.492 e. The van der Waals surface area contributed by atoms with E-state index in [2.05, 4.69) is 4.98 Å². The maximum absolute atomic E-state index is 12.7.